The van der Waals surface area contributed by atoms with Crippen molar-refractivity contribution in [3.8, 4) is 0 Å². The van der Waals surface area contributed by atoms with Crippen molar-refractivity contribution in [1.82, 2.24) is 19.9 Å². The van der Waals surface area contributed by atoms with E-state index >= 15 is 0 Å². The summed E-state index contributed by atoms with van der Waals surface area (Å²) in [7, 11) is 1.90. The maximum absolute atomic E-state index is 4.66. The molecule has 112 valence electrons. The smallest absolute Gasteiger partial charge is 0.129 e. The van der Waals surface area contributed by atoms with Crippen LogP contribution in [0.5, 0.6) is 0 Å². The van der Waals surface area contributed by atoms with Gasteiger partial charge in [0.15, 0.2) is 0 Å². The summed E-state index contributed by atoms with van der Waals surface area (Å²) in [6.45, 7) is 6.14. The van der Waals surface area contributed by atoms with Crippen molar-refractivity contribution in [1.29, 1.82) is 0 Å². The van der Waals surface area contributed by atoms with Gasteiger partial charge < -0.3 is 5.32 Å². The first-order valence-electron chi connectivity index (χ1n) is 7.33. The van der Waals surface area contributed by atoms with Crippen LogP contribution >= 0.6 is 11.3 Å². The maximum Gasteiger partial charge on any atom is 0.129 e. The largest absolute Gasteiger partial charge is 0.373 e. The second-order valence-electron chi connectivity index (χ2n) is 5.46. The third-order valence-corrected chi connectivity index (χ3v) is 4.93. The van der Waals surface area contributed by atoms with Crippen molar-refractivity contribution in [2.45, 2.75) is 39.3 Å². The van der Waals surface area contributed by atoms with Gasteiger partial charge in [0.1, 0.15) is 11.6 Å². The van der Waals surface area contributed by atoms with E-state index in [1.807, 2.05) is 19.5 Å². The second kappa shape index (κ2) is 6.07. The van der Waals surface area contributed by atoms with Crippen molar-refractivity contribution in [2.75, 3.05) is 18.9 Å². The molecule has 0 unspecified atom stereocenters. The molecule has 1 aliphatic heterocycles. The van der Waals surface area contributed by atoms with E-state index in [9.17, 15) is 0 Å². The fraction of sp³-hybridized carbons (Fsp3) is 0.533. The number of anilines is 1. The number of hydrogen-bond donors (Lipinski definition) is 1. The van der Waals surface area contributed by atoms with Crippen LogP contribution in [0, 0.1) is 13.8 Å². The lowest BCUT2D eigenvalue weighted by molar-refractivity contribution is 0.245. The number of nitrogens with zero attached hydrogens (tertiary/aromatic N) is 4. The highest BCUT2D eigenvalue weighted by Gasteiger charge is 2.28. The van der Waals surface area contributed by atoms with Gasteiger partial charge in [0, 0.05) is 24.5 Å². The van der Waals surface area contributed by atoms with Gasteiger partial charge in [0.25, 0.3) is 0 Å². The zero-order chi connectivity index (χ0) is 14.8. The van der Waals surface area contributed by atoms with Crippen LogP contribution in [-0.4, -0.2) is 33.4 Å². The lowest BCUT2D eigenvalue weighted by Gasteiger charge is -2.24. The fourth-order valence-electron chi connectivity index (χ4n) is 2.90. The Morgan fingerprint density at radius 2 is 2.24 bits per heavy atom. The molecule has 1 atom stereocenters. The van der Waals surface area contributed by atoms with E-state index in [1.54, 1.807) is 11.3 Å². The monoisotopic (exact) mass is 303 g/mol. The Kier molecular flexibility index (Phi) is 4.17. The summed E-state index contributed by atoms with van der Waals surface area (Å²) >= 11 is 1.75. The molecule has 1 fully saturated rings. The van der Waals surface area contributed by atoms with Gasteiger partial charge in [-0.3, -0.25) is 4.90 Å². The highest BCUT2D eigenvalue weighted by Crippen LogP contribution is 2.33. The Labute approximate surface area is 129 Å². The van der Waals surface area contributed by atoms with E-state index in [2.05, 4.69) is 38.2 Å². The molecule has 0 radical (unpaired) electrons. The number of thiazole rings is 1. The molecule has 21 heavy (non-hydrogen) atoms. The molecule has 3 heterocycles. The van der Waals surface area contributed by atoms with Crippen LogP contribution in [-0.2, 0) is 6.54 Å². The summed E-state index contributed by atoms with van der Waals surface area (Å²) in [5.74, 6) is 1.73. The minimum Gasteiger partial charge on any atom is -0.373 e. The Bertz CT molecular complexity index is 624. The molecule has 0 spiro atoms. The molecular formula is C15H21N5S. The van der Waals surface area contributed by atoms with Crippen molar-refractivity contribution in [3.05, 3.63) is 33.7 Å². The van der Waals surface area contributed by atoms with Crippen LogP contribution in [0.25, 0.3) is 0 Å². The zero-order valence-electron chi connectivity index (χ0n) is 12.8. The molecule has 1 aliphatic rings. The van der Waals surface area contributed by atoms with Crippen molar-refractivity contribution in [2.24, 2.45) is 0 Å². The molecule has 3 rings (SSSR count). The summed E-state index contributed by atoms with van der Waals surface area (Å²) < 4.78 is 0. The quantitative estimate of drug-likeness (QED) is 0.941. The third kappa shape index (κ3) is 3.06. The molecule has 0 bridgehead atoms. The number of aryl methyl sites for hydroxylation is 2. The predicted molar refractivity (Wildman–Crippen MR) is 85.6 cm³/mol. The summed E-state index contributed by atoms with van der Waals surface area (Å²) in [6.07, 6.45) is 2.39. The standard InChI is InChI=1S/C15H21N5S/c1-10-14(21-9-17-10)8-20-6-4-5-13(20)12-7-15(16-3)19-11(2)18-12/h7,9,13H,4-6,8H2,1-3H3,(H,16,18,19)/t13-/m1/s1. The summed E-state index contributed by atoms with van der Waals surface area (Å²) in [6, 6.07) is 2.47. The fourth-order valence-corrected chi connectivity index (χ4v) is 3.70. The Morgan fingerprint density at radius 1 is 1.38 bits per heavy atom. The number of rotatable bonds is 4. The maximum atomic E-state index is 4.66. The lowest BCUT2D eigenvalue weighted by atomic mass is 10.1. The molecule has 0 saturated carbocycles. The van der Waals surface area contributed by atoms with Gasteiger partial charge >= 0.3 is 0 Å². The second-order valence-corrected chi connectivity index (χ2v) is 6.40. The highest BCUT2D eigenvalue weighted by molar-refractivity contribution is 7.09. The average molecular weight is 303 g/mol. The molecule has 5 nitrogen and oxygen atoms in total. The van der Waals surface area contributed by atoms with Crippen LogP contribution in [0.2, 0.25) is 0 Å². The molecule has 0 aliphatic carbocycles. The molecule has 0 amide bonds. The van der Waals surface area contributed by atoms with Gasteiger partial charge in [-0.25, -0.2) is 15.0 Å². The minimum atomic E-state index is 0.389. The van der Waals surface area contributed by atoms with E-state index in [4.69, 9.17) is 0 Å². The molecule has 1 saturated heterocycles. The normalized spacial score (nSPS) is 19.1. The van der Waals surface area contributed by atoms with E-state index in [0.717, 1.165) is 42.5 Å². The van der Waals surface area contributed by atoms with Crippen LogP contribution < -0.4 is 5.32 Å². The first-order chi connectivity index (χ1) is 10.2. The summed E-state index contributed by atoms with van der Waals surface area (Å²) in [5.41, 5.74) is 4.22. The molecule has 6 heteroatoms. The van der Waals surface area contributed by atoms with Crippen LogP contribution in [0.1, 0.15) is 41.0 Å². The first-order valence-corrected chi connectivity index (χ1v) is 8.21. The zero-order valence-corrected chi connectivity index (χ0v) is 13.6. The van der Waals surface area contributed by atoms with Gasteiger partial charge in [-0.1, -0.05) is 0 Å². The van der Waals surface area contributed by atoms with Crippen molar-refractivity contribution >= 4 is 17.2 Å². The van der Waals surface area contributed by atoms with Crippen molar-refractivity contribution < 1.29 is 0 Å². The van der Waals surface area contributed by atoms with Crippen LogP contribution in [0.15, 0.2) is 11.6 Å². The van der Waals surface area contributed by atoms with Gasteiger partial charge in [-0.2, -0.15) is 0 Å². The SMILES string of the molecule is CNc1cc([C@H]2CCCN2Cc2scnc2C)nc(C)n1. The Hall–Kier alpha value is -1.53. The Morgan fingerprint density at radius 3 is 2.95 bits per heavy atom. The topological polar surface area (TPSA) is 53.9 Å². The molecular weight excluding hydrogens is 282 g/mol. The van der Waals surface area contributed by atoms with E-state index in [0.29, 0.717) is 6.04 Å². The number of aromatic nitrogens is 3. The average Bonchev–Trinajstić information content (AvgIpc) is 3.08. The number of likely N-dealkylation sites (tertiary alicyclic amines) is 1. The lowest BCUT2D eigenvalue weighted by Crippen LogP contribution is -2.23. The number of hydrogen-bond acceptors (Lipinski definition) is 6. The summed E-state index contributed by atoms with van der Waals surface area (Å²) in [5, 5.41) is 3.12. The van der Waals surface area contributed by atoms with E-state index < -0.39 is 0 Å². The summed E-state index contributed by atoms with van der Waals surface area (Å²) in [4.78, 5) is 17.3. The highest BCUT2D eigenvalue weighted by atomic mass is 32.1. The van der Waals surface area contributed by atoms with Gasteiger partial charge in [0.2, 0.25) is 0 Å². The minimum absolute atomic E-state index is 0.389. The van der Waals surface area contributed by atoms with Gasteiger partial charge in [-0.15, -0.1) is 11.3 Å². The van der Waals surface area contributed by atoms with Crippen LogP contribution in [0.4, 0.5) is 5.82 Å². The van der Waals surface area contributed by atoms with Gasteiger partial charge in [0.05, 0.1) is 22.9 Å². The third-order valence-electron chi connectivity index (χ3n) is 4.01. The molecule has 2 aromatic rings. The Balaban J connectivity index is 1.83. The van der Waals surface area contributed by atoms with E-state index in [-0.39, 0.29) is 0 Å². The van der Waals surface area contributed by atoms with E-state index in [1.165, 1.54) is 11.3 Å². The first kappa shape index (κ1) is 14.4. The van der Waals surface area contributed by atoms with Crippen molar-refractivity contribution in [3.63, 3.8) is 0 Å². The molecule has 0 aromatic carbocycles. The van der Waals surface area contributed by atoms with Crippen LogP contribution in [0.3, 0.4) is 0 Å². The molecule has 1 N–H and O–H groups in total. The number of nitrogens with one attached hydrogen (secondary N) is 1. The molecule has 2 aromatic heterocycles. The van der Waals surface area contributed by atoms with Gasteiger partial charge in [-0.05, 0) is 33.2 Å². The predicted octanol–water partition coefficient (Wildman–Crippen LogP) is 2.93.